The van der Waals surface area contributed by atoms with Gasteiger partial charge in [-0.2, -0.15) is 0 Å². The van der Waals surface area contributed by atoms with Gasteiger partial charge in [-0.15, -0.1) is 0 Å². The summed E-state index contributed by atoms with van der Waals surface area (Å²) in [5, 5.41) is 3.00. The summed E-state index contributed by atoms with van der Waals surface area (Å²) >= 11 is 0. The molecule has 1 aromatic heterocycles. The zero-order chi connectivity index (χ0) is 18.7. The molecule has 1 fully saturated rings. The van der Waals surface area contributed by atoms with Gasteiger partial charge in [0.05, 0.1) is 19.3 Å². The molecule has 2 heterocycles. The second-order valence-corrected chi connectivity index (χ2v) is 6.67. The summed E-state index contributed by atoms with van der Waals surface area (Å²) in [7, 11) is 1.77. The van der Waals surface area contributed by atoms with Crippen molar-refractivity contribution in [3.8, 4) is 0 Å². The van der Waals surface area contributed by atoms with Gasteiger partial charge in [-0.05, 0) is 37.6 Å². The van der Waals surface area contributed by atoms with Gasteiger partial charge in [0.1, 0.15) is 5.69 Å². The van der Waals surface area contributed by atoms with Crippen molar-refractivity contribution in [2.24, 2.45) is 7.05 Å². The summed E-state index contributed by atoms with van der Waals surface area (Å²) < 4.78 is 7.06. The van der Waals surface area contributed by atoms with E-state index in [1.54, 1.807) is 23.9 Å². The molecule has 1 saturated heterocycles. The number of nitrogens with one attached hydrogen (secondary N) is 1. The van der Waals surface area contributed by atoms with Gasteiger partial charge < -0.3 is 19.5 Å². The third-order valence-corrected chi connectivity index (χ3v) is 4.76. The Morgan fingerprint density at radius 3 is 2.38 bits per heavy atom. The summed E-state index contributed by atoms with van der Waals surface area (Å²) in [6.07, 6.45) is 1.68. The van der Waals surface area contributed by atoms with Crippen LogP contribution in [0.25, 0.3) is 0 Å². The molecule has 1 N–H and O–H groups in total. The van der Waals surface area contributed by atoms with Crippen molar-refractivity contribution in [2.75, 3.05) is 31.2 Å². The fourth-order valence-electron chi connectivity index (χ4n) is 3.13. The minimum absolute atomic E-state index is 0.0496. The standard InChI is InChI=1S/C20H25N3O3/c1-14(21-20(25)19-12-17(15(2)24)13-22(19)3)16-4-6-18(7-5-16)23-8-10-26-11-9-23/h4-7,12-14H,8-11H2,1-3H3,(H,21,25). The van der Waals surface area contributed by atoms with Gasteiger partial charge in [0.25, 0.3) is 5.91 Å². The van der Waals surface area contributed by atoms with Crippen LogP contribution in [0.4, 0.5) is 5.69 Å². The molecule has 6 heteroatoms. The molecule has 0 bridgehead atoms. The molecule has 2 aromatic rings. The SMILES string of the molecule is CC(=O)c1cc(C(=O)NC(C)c2ccc(N3CCOCC3)cc2)n(C)c1. The minimum Gasteiger partial charge on any atom is -0.378 e. The third-order valence-electron chi connectivity index (χ3n) is 4.76. The van der Waals surface area contributed by atoms with E-state index in [-0.39, 0.29) is 17.7 Å². The summed E-state index contributed by atoms with van der Waals surface area (Å²) in [6, 6.07) is 9.76. The molecule has 0 saturated carbocycles. The number of morpholine rings is 1. The average Bonchev–Trinajstić information content (AvgIpc) is 3.05. The first-order valence-corrected chi connectivity index (χ1v) is 8.86. The molecule has 1 amide bonds. The zero-order valence-corrected chi connectivity index (χ0v) is 15.5. The largest absolute Gasteiger partial charge is 0.378 e. The van der Waals surface area contributed by atoms with Crippen molar-refractivity contribution < 1.29 is 14.3 Å². The second kappa shape index (κ2) is 7.74. The van der Waals surface area contributed by atoms with E-state index in [0.717, 1.165) is 31.9 Å². The second-order valence-electron chi connectivity index (χ2n) is 6.67. The summed E-state index contributed by atoms with van der Waals surface area (Å²) in [5.41, 5.74) is 3.23. The molecule has 0 spiro atoms. The quantitative estimate of drug-likeness (QED) is 0.838. The summed E-state index contributed by atoms with van der Waals surface area (Å²) in [4.78, 5) is 26.3. The number of carbonyl (C=O) groups is 2. The molecule has 1 aliphatic rings. The number of hydrogen-bond acceptors (Lipinski definition) is 4. The molecule has 26 heavy (non-hydrogen) atoms. The third kappa shape index (κ3) is 3.96. The molecule has 1 aromatic carbocycles. The molecule has 1 aliphatic heterocycles. The van der Waals surface area contributed by atoms with E-state index in [0.29, 0.717) is 11.3 Å². The van der Waals surface area contributed by atoms with E-state index in [1.807, 2.05) is 19.1 Å². The predicted octanol–water partition coefficient (Wildman–Crippen LogP) is 2.56. The lowest BCUT2D eigenvalue weighted by molar-refractivity contribution is 0.0931. The highest BCUT2D eigenvalue weighted by Gasteiger charge is 2.17. The minimum atomic E-state index is -0.190. The number of carbonyl (C=O) groups excluding carboxylic acids is 2. The first-order chi connectivity index (χ1) is 12.5. The van der Waals surface area contributed by atoms with Crippen LogP contribution in [0.3, 0.4) is 0 Å². The molecule has 0 radical (unpaired) electrons. The van der Waals surface area contributed by atoms with Gasteiger partial charge >= 0.3 is 0 Å². The van der Waals surface area contributed by atoms with Crippen molar-refractivity contribution in [3.63, 3.8) is 0 Å². The van der Waals surface area contributed by atoms with E-state index < -0.39 is 0 Å². The number of hydrogen-bond donors (Lipinski definition) is 1. The lowest BCUT2D eigenvalue weighted by atomic mass is 10.1. The fourth-order valence-corrected chi connectivity index (χ4v) is 3.13. The number of ketones is 1. The first-order valence-electron chi connectivity index (χ1n) is 8.86. The number of Topliss-reactive ketones (excluding diaryl/α,β-unsaturated/α-hetero) is 1. The summed E-state index contributed by atoms with van der Waals surface area (Å²) in [5.74, 6) is -0.240. The Morgan fingerprint density at radius 1 is 1.15 bits per heavy atom. The monoisotopic (exact) mass is 355 g/mol. The van der Waals surface area contributed by atoms with Crippen LogP contribution in [0, 0.1) is 0 Å². The highest BCUT2D eigenvalue weighted by atomic mass is 16.5. The van der Waals surface area contributed by atoms with Gasteiger partial charge in [-0.3, -0.25) is 9.59 Å². The predicted molar refractivity (Wildman–Crippen MR) is 101 cm³/mol. The van der Waals surface area contributed by atoms with Gasteiger partial charge in [-0.25, -0.2) is 0 Å². The molecule has 138 valence electrons. The van der Waals surface area contributed by atoms with Crippen LogP contribution in [0.5, 0.6) is 0 Å². The molecule has 1 atom stereocenters. The van der Waals surface area contributed by atoms with E-state index in [4.69, 9.17) is 4.74 Å². The van der Waals surface area contributed by atoms with Crippen molar-refractivity contribution in [1.82, 2.24) is 9.88 Å². The number of anilines is 1. The molecule has 1 unspecified atom stereocenters. The number of rotatable bonds is 5. The normalized spacial score (nSPS) is 15.6. The highest BCUT2D eigenvalue weighted by Crippen LogP contribution is 2.20. The Balaban J connectivity index is 1.66. The van der Waals surface area contributed by atoms with Crippen LogP contribution in [0.2, 0.25) is 0 Å². The Kier molecular flexibility index (Phi) is 5.42. The first kappa shape index (κ1) is 18.2. The Bertz CT molecular complexity index is 789. The maximum Gasteiger partial charge on any atom is 0.268 e. The highest BCUT2D eigenvalue weighted by molar-refractivity contribution is 5.99. The average molecular weight is 355 g/mol. The molecular formula is C20H25N3O3. The number of aryl methyl sites for hydroxylation is 1. The van der Waals surface area contributed by atoms with E-state index >= 15 is 0 Å². The van der Waals surface area contributed by atoms with Crippen molar-refractivity contribution >= 4 is 17.4 Å². The van der Waals surface area contributed by atoms with Crippen molar-refractivity contribution in [1.29, 1.82) is 0 Å². The number of aromatic nitrogens is 1. The van der Waals surface area contributed by atoms with Gasteiger partial charge in [0.15, 0.2) is 5.78 Å². The number of amides is 1. The van der Waals surface area contributed by atoms with Crippen LogP contribution in [0.15, 0.2) is 36.5 Å². The van der Waals surface area contributed by atoms with Crippen molar-refractivity contribution in [3.05, 3.63) is 53.3 Å². The number of nitrogens with zero attached hydrogens (tertiary/aromatic N) is 2. The van der Waals surface area contributed by atoms with Gasteiger partial charge in [0.2, 0.25) is 0 Å². The maximum atomic E-state index is 12.5. The Labute approximate surface area is 153 Å². The van der Waals surface area contributed by atoms with E-state index in [1.165, 1.54) is 12.6 Å². The lowest BCUT2D eigenvalue weighted by Gasteiger charge is -2.29. The van der Waals surface area contributed by atoms with Crippen LogP contribution < -0.4 is 10.2 Å². The molecule has 0 aliphatic carbocycles. The zero-order valence-electron chi connectivity index (χ0n) is 15.5. The Hall–Kier alpha value is -2.60. The molecule has 6 nitrogen and oxygen atoms in total. The summed E-state index contributed by atoms with van der Waals surface area (Å²) in [6.45, 7) is 6.77. The molecular weight excluding hydrogens is 330 g/mol. The maximum absolute atomic E-state index is 12.5. The smallest absolute Gasteiger partial charge is 0.268 e. The Morgan fingerprint density at radius 2 is 1.81 bits per heavy atom. The number of ether oxygens (including phenoxy) is 1. The van der Waals surface area contributed by atoms with Crippen molar-refractivity contribution in [2.45, 2.75) is 19.9 Å². The topological polar surface area (TPSA) is 63.6 Å². The van der Waals surface area contributed by atoms with Gasteiger partial charge in [0, 0.05) is 37.6 Å². The van der Waals surface area contributed by atoms with Crippen LogP contribution in [-0.4, -0.2) is 42.6 Å². The van der Waals surface area contributed by atoms with Crippen LogP contribution in [-0.2, 0) is 11.8 Å². The van der Waals surface area contributed by atoms with Crippen LogP contribution >= 0.6 is 0 Å². The van der Waals surface area contributed by atoms with E-state index in [2.05, 4.69) is 22.3 Å². The number of benzene rings is 1. The van der Waals surface area contributed by atoms with Gasteiger partial charge in [-0.1, -0.05) is 12.1 Å². The molecule has 3 rings (SSSR count). The van der Waals surface area contributed by atoms with E-state index in [9.17, 15) is 9.59 Å². The lowest BCUT2D eigenvalue weighted by Crippen LogP contribution is -2.36. The van der Waals surface area contributed by atoms with Crippen LogP contribution in [0.1, 0.15) is 46.3 Å². The fraction of sp³-hybridized carbons (Fsp3) is 0.400.